The first kappa shape index (κ1) is 24.4. The first-order valence-electron chi connectivity index (χ1n) is 11.7. The van der Waals surface area contributed by atoms with Gasteiger partial charge in [-0.15, -0.1) is 0 Å². The topological polar surface area (TPSA) is 119 Å². The molecule has 2 amide bonds. The van der Waals surface area contributed by atoms with Crippen molar-refractivity contribution in [3.8, 4) is 27.8 Å². The van der Waals surface area contributed by atoms with Crippen LogP contribution in [0.25, 0.3) is 21.7 Å². The second-order valence-electron chi connectivity index (χ2n) is 9.21. The molecule has 36 heavy (non-hydrogen) atoms. The molecule has 1 atom stereocenters. The third-order valence-corrected chi connectivity index (χ3v) is 9.19. The number of rotatable bonds is 3. The zero-order valence-corrected chi connectivity index (χ0v) is 21.7. The molecule has 4 heterocycles. The molecule has 9 nitrogen and oxygen atoms in total. The average molecular weight is 523 g/mol. The molecule has 2 aliphatic rings. The van der Waals surface area contributed by atoms with Gasteiger partial charge in [0.2, 0.25) is 0 Å². The summed E-state index contributed by atoms with van der Waals surface area (Å²) < 4.78 is 24.2. The van der Waals surface area contributed by atoms with E-state index >= 15 is 0 Å². The number of urea groups is 1. The predicted octanol–water partition coefficient (Wildman–Crippen LogP) is 3.31. The summed E-state index contributed by atoms with van der Waals surface area (Å²) in [6.45, 7) is 5.93. The minimum atomic E-state index is -3.08. The second kappa shape index (κ2) is 9.61. The Bertz CT molecular complexity index is 1460. The van der Waals surface area contributed by atoms with E-state index in [0.717, 1.165) is 27.4 Å². The number of anilines is 1. The van der Waals surface area contributed by atoms with Crippen LogP contribution in [0.1, 0.15) is 17.0 Å². The highest BCUT2D eigenvalue weighted by Crippen LogP contribution is 2.39. The van der Waals surface area contributed by atoms with Crippen LogP contribution in [-0.2, 0) is 9.84 Å². The minimum Gasteiger partial charge on any atom is -0.322 e. The highest BCUT2D eigenvalue weighted by Gasteiger charge is 2.36. The molecular weight excluding hydrogens is 496 g/mol. The zero-order valence-electron chi connectivity index (χ0n) is 20.1. The van der Waals surface area contributed by atoms with Gasteiger partial charge in [0.15, 0.2) is 15.0 Å². The van der Waals surface area contributed by atoms with Crippen LogP contribution in [0, 0.1) is 25.2 Å². The Kier molecular flexibility index (Phi) is 6.51. The first-order chi connectivity index (χ1) is 17.2. The van der Waals surface area contributed by atoms with Crippen LogP contribution >= 0.6 is 11.3 Å². The zero-order chi connectivity index (χ0) is 25.4. The second-order valence-corrected chi connectivity index (χ2v) is 12.4. The number of fused-ring (bicyclic) bond motifs is 1. The molecule has 2 aliphatic heterocycles. The summed E-state index contributed by atoms with van der Waals surface area (Å²) >= 11 is 1.37. The van der Waals surface area contributed by atoms with Gasteiger partial charge in [0.05, 0.1) is 33.7 Å². The summed E-state index contributed by atoms with van der Waals surface area (Å²) in [7, 11) is -3.08. The van der Waals surface area contributed by atoms with E-state index < -0.39 is 9.84 Å². The summed E-state index contributed by atoms with van der Waals surface area (Å²) in [5.41, 5.74) is 4.69. The van der Waals surface area contributed by atoms with Gasteiger partial charge >= 0.3 is 6.03 Å². The fraction of sp³-hybridized carbons (Fsp3) is 0.360. The van der Waals surface area contributed by atoms with Crippen LogP contribution in [0.15, 0.2) is 36.4 Å². The van der Waals surface area contributed by atoms with Crippen LogP contribution in [-0.4, -0.2) is 77.9 Å². The highest BCUT2D eigenvalue weighted by atomic mass is 32.2. The Labute approximate surface area is 214 Å². The van der Waals surface area contributed by atoms with Gasteiger partial charge in [-0.05, 0) is 43.7 Å². The molecule has 0 bridgehead atoms. The molecule has 0 spiro atoms. The molecule has 0 aliphatic carbocycles. The maximum atomic E-state index is 13.2. The number of thiazole rings is 1. The molecule has 1 unspecified atom stereocenters. The molecule has 0 saturated carbocycles. The number of hydrogen-bond acceptors (Lipinski definition) is 8. The maximum Gasteiger partial charge on any atom is 0.323 e. The SMILES string of the molecule is Cc1cc(-c2sc(NC(=O)N3CCN4CCS(=O)(=O)CC4C3)nc2-c2cccc(C#N)c2)cc(C)n1. The van der Waals surface area contributed by atoms with Crippen LogP contribution in [0.5, 0.6) is 0 Å². The van der Waals surface area contributed by atoms with Gasteiger partial charge in [-0.1, -0.05) is 23.5 Å². The van der Waals surface area contributed by atoms with E-state index in [9.17, 15) is 18.5 Å². The number of aryl methyl sites for hydroxylation is 2. The van der Waals surface area contributed by atoms with E-state index in [1.165, 1.54) is 11.3 Å². The van der Waals surface area contributed by atoms with Crippen molar-refractivity contribution in [3.05, 3.63) is 53.3 Å². The number of nitrogens with one attached hydrogen (secondary N) is 1. The van der Waals surface area contributed by atoms with Crippen LogP contribution in [0.3, 0.4) is 0 Å². The molecule has 2 fully saturated rings. The molecule has 2 saturated heterocycles. The number of sulfone groups is 1. The molecule has 5 rings (SSSR count). The summed E-state index contributed by atoms with van der Waals surface area (Å²) in [5.74, 6) is 0.264. The highest BCUT2D eigenvalue weighted by molar-refractivity contribution is 7.91. The Morgan fingerprint density at radius 2 is 1.89 bits per heavy atom. The van der Waals surface area contributed by atoms with Gasteiger partial charge in [-0.2, -0.15) is 5.26 Å². The van der Waals surface area contributed by atoms with Crippen molar-refractivity contribution < 1.29 is 13.2 Å². The Morgan fingerprint density at radius 1 is 1.11 bits per heavy atom. The van der Waals surface area contributed by atoms with E-state index in [1.807, 2.05) is 38.1 Å². The average Bonchev–Trinajstić information content (AvgIpc) is 3.26. The van der Waals surface area contributed by atoms with E-state index in [1.54, 1.807) is 17.0 Å². The van der Waals surface area contributed by atoms with Gasteiger partial charge in [-0.25, -0.2) is 18.2 Å². The van der Waals surface area contributed by atoms with E-state index in [0.29, 0.717) is 42.6 Å². The van der Waals surface area contributed by atoms with Crippen LogP contribution in [0.4, 0.5) is 9.93 Å². The molecule has 3 aromatic rings. The lowest BCUT2D eigenvalue weighted by molar-refractivity contribution is 0.105. The molecule has 1 N–H and O–H groups in total. The van der Waals surface area contributed by atoms with E-state index in [-0.39, 0.29) is 23.6 Å². The lowest BCUT2D eigenvalue weighted by atomic mass is 10.0. The number of piperazine rings is 1. The molecule has 186 valence electrons. The fourth-order valence-electron chi connectivity index (χ4n) is 4.80. The van der Waals surface area contributed by atoms with Crippen molar-refractivity contribution in [1.82, 2.24) is 19.8 Å². The Hall–Kier alpha value is -3.33. The third kappa shape index (κ3) is 5.11. The first-order valence-corrected chi connectivity index (χ1v) is 14.3. The summed E-state index contributed by atoms with van der Waals surface area (Å²) in [6.07, 6.45) is 0. The number of pyridine rings is 1. The summed E-state index contributed by atoms with van der Waals surface area (Å²) in [6, 6.07) is 12.9. The molecule has 11 heteroatoms. The van der Waals surface area contributed by atoms with Gasteiger partial charge < -0.3 is 4.90 Å². The largest absolute Gasteiger partial charge is 0.323 e. The Balaban J connectivity index is 1.44. The number of nitrogens with zero attached hydrogens (tertiary/aromatic N) is 5. The van der Waals surface area contributed by atoms with Crippen molar-refractivity contribution in [1.29, 1.82) is 5.26 Å². The lowest BCUT2D eigenvalue weighted by Crippen LogP contribution is -2.60. The van der Waals surface area contributed by atoms with E-state index in [2.05, 4.69) is 21.3 Å². The molecule has 0 radical (unpaired) electrons. The summed E-state index contributed by atoms with van der Waals surface area (Å²) in [5, 5.41) is 12.7. The van der Waals surface area contributed by atoms with Crippen molar-refractivity contribution in [2.75, 3.05) is 43.0 Å². The monoisotopic (exact) mass is 522 g/mol. The van der Waals surface area contributed by atoms with Crippen molar-refractivity contribution in [3.63, 3.8) is 0 Å². The molecule has 1 aromatic carbocycles. The number of aromatic nitrogens is 2. The Morgan fingerprint density at radius 3 is 2.64 bits per heavy atom. The molecule has 2 aromatic heterocycles. The van der Waals surface area contributed by atoms with Gasteiger partial charge in [0.1, 0.15) is 0 Å². The van der Waals surface area contributed by atoms with Crippen LogP contribution < -0.4 is 5.32 Å². The van der Waals surface area contributed by atoms with Gasteiger partial charge in [0.25, 0.3) is 0 Å². The summed E-state index contributed by atoms with van der Waals surface area (Å²) in [4.78, 5) is 27.1. The number of benzene rings is 1. The number of hydrogen-bond donors (Lipinski definition) is 1. The van der Waals surface area contributed by atoms with Crippen molar-refractivity contribution >= 4 is 32.3 Å². The minimum absolute atomic E-state index is 0.0817. The van der Waals surface area contributed by atoms with Crippen molar-refractivity contribution in [2.45, 2.75) is 19.9 Å². The van der Waals surface area contributed by atoms with E-state index in [4.69, 9.17) is 4.98 Å². The molecular formula is C25H26N6O3S2. The third-order valence-electron chi connectivity index (χ3n) is 6.48. The quantitative estimate of drug-likeness (QED) is 0.560. The number of amides is 2. The standard InChI is InChI=1S/C25H26N6O3S2/c1-16-10-20(11-17(2)27-16)23-22(19-5-3-4-18(12-19)13-26)28-24(35-23)29-25(32)31-7-6-30-8-9-36(33,34)15-21(30)14-31/h3-5,10-12,21H,6-9,14-15H2,1-2H3,(H,28,29,32). The number of carbonyl (C=O) groups is 1. The van der Waals surface area contributed by atoms with Gasteiger partial charge in [-0.3, -0.25) is 15.2 Å². The van der Waals surface area contributed by atoms with Crippen molar-refractivity contribution in [2.24, 2.45) is 0 Å². The van der Waals surface area contributed by atoms with Gasteiger partial charge in [0, 0.05) is 49.2 Å². The maximum absolute atomic E-state index is 13.2. The predicted molar refractivity (Wildman–Crippen MR) is 140 cm³/mol. The normalized spacial score (nSPS) is 19.4. The number of carbonyl (C=O) groups excluding carboxylic acids is 1. The fourth-order valence-corrected chi connectivity index (χ4v) is 7.35. The number of nitriles is 1. The lowest BCUT2D eigenvalue weighted by Gasteiger charge is -2.43. The smallest absolute Gasteiger partial charge is 0.322 e. The van der Waals surface area contributed by atoms with Crippen LogP contribution in [0.2, 0.25) is 0 Å².